The fraction of sp³-hybridized carbons (Fsp3) is 0. The largest absolute Gasteiger partial charge is 0.288 e. The number of fused-ring (bicyclic) bond motifs is 2. The van der Waals surface area contributed by atoms with Gasteiger partial charge in [0.05, 0.1) is 10.9 Å². The monoisotopic (exact) mass is 322 g/mol. The number of pyridine rings is 1. The third kappa shape index (κ3) is 2.36. The Morgan fingerprint density at radius 3 is 2.91 bits per heavy atom. The van der Waals surface area contributed by atoms with E-state index in [0.717, 1.165) is 15.6 Å². The molecule has 0 radical (unpaired) electrons. The van der Waals surface area contributed by atoms with E-state index in [-0.39, 0.29) is 11.3 Å². The van der Waals surface area contributed by atoms with Crippen LogP contribution in [0.4, 0.5) is 0 Å². The van der Waals surface area contributed by atoms with Gasteiger partial charge in [-0.05, 0) is 23.6 Å². The molecule has 0 unspecified atom stereocenters. The molecule has 6 nitrogen and oxygen atoms in total. The van der Waals surface area contributed by atoms with Crippen molar-refractivity contribution in [2.45, 2.75) is 0 Å². The molecular weight excluding hydrogens is 312 g/mol. The highest BCUT2D eigenvalue weighted by Crippen LogP contribution is 2.13. The van der Waals surface area contributed by atoms with E-state index in [0.29, 0.717) is 10.2 Å². The van der Waals surface area contributed by atoms with Crippen LogP contribution < -0.4 is 11.0 Å². The van der Waals surface area contributed by atoms with E-state index in [4.69, 9.17) is 0 Å². The van der Waals surface area contributed by atoms with Crippen molar-refractivity contribution in [3.05, 3.63) is 70.2 Å². The molecule has 0 saturated carbocycles. The number of amides is 1. The molecule has 23 heavy (non-hydrogen) atoms. The molecule has 0 spiro atoms. The van der Waals surface area contributed by atoms with E-state index in [1.54, 1.807) is 17.5 Å². The van der Waals surface area contributed by atoms with Crippen LogP contribution in [0.25, 0.3) is 21.1 Å². The Morgan fingerprint density at radius 2 is 2.00 bits per heavy atom. The molecule has 1 amide bonds. The Hall–Kier alpha value is -3.06. The summed E-state index contributed by atoms with van der Waals surface area (Å²) in [5.41, 5.74) is 3.16. The van der Waals surface area contributed by atoms with Crippen molar-refractivity contribution in [1.29, 1.82) is 0 Å². The summed E-state index contributed by atoms with van der Waals surface area (Å²) in [4.78, 5) is 33.7. The summed E-state index contributed by atoms with van der Waals surface area (Å²) in [6.45, 7) is 0. The molecular formula is C16H10N4O2S. The molecule has 3 heterocycles. The molecule has 4 aromatic rings. The summed E-state index contributed by atoms with van der Waals surface area (Å²) in [6, 6.07) is 12.6. The van der Waals surface area contributed by atoms with Crippen molar-refractivity contribution in [3.63, 3.8) is 0 Å². The Morgan fingerprint density at radius 1 is 1.13 bits per heavy atom. The van der Waals surface area contributed by atoms with Crippen LogP contribution in [-0.2, 0) is 0 Å². The lowest BCUT2D eigenvalue weighted by Gasteiger charge is -2.07. The minimum Gasteiger partial charge on any atom is -0.267 e. The molecule has 0 aliphatic rings. The molecule has 0 aliphatic heterocycles. The number of aromatic nitrogens is 3. The van der Waals surface area contributed by atoms with Gasteiger partial charge in [0.1, 0.15) is 16.9 Å². The molecule has 0 saturated heterocycles. The number of nitrogens with one attached hydrogen (secondary N) is 1. The van der Waals surface area contributed by atoms with Gasteiger partial charge in [0.25, 0.3) is 11.5 Å². The number of carbonyl (C=O) groups excluding carboxylic acids is 1. The molecule has 4 rings (SSSR count). The standard InChI is InChI=1S/C16H10N4O2S/c21-14(13-6-5-10-3-1-2-4-12(10)18-13)19-20-9-17-15-11(16(20)22)7-8-23-15/h1-9H,(H,19,21). The van der Waals surface area contributed by atoms with Gasteiger partial charge >= 0.3 is 0 Å². The third-order valence-corrected chi connectivity index (χ3v) is 4.26. The molecule has 0 fully saturated rings. The van der Waals surface area contributed by atoms with E-state index >= 15 is 0 Å². The summed E-state index contributed by atoms with van der Waals surface area (Å²) in [5, 5.41) is 3.21. The van der Waals surface area contributed by atoms with Crippen LogP contribution >= 0.6 is 11.3 Å². The Kier molecular flexibility index (Phi) is 3.13. The Labute approximate surface area is 134 Å². The van der Waals surface area contributed by atoms with Crippen LogP contribution in [0.15, 0.2) is 59.0 Å². The van der Waals surface area contributed by atoms with Crippen LogP contribution in [-0.4, -0.2) is 20.6 Å². The summed E-state index contributed by atoms with van der Waals surface area (Å²) in [5.74, 6) is -0.464. The van der Waals surface area contributed by atoms with E-state index in [2.05, 4.69) is 15.4 Å². The number of benzene rings is 1. The first kappa shape index (κ1) is 13.6. The van der Waals surface area contributed by atoms with Gasteiger partial charge in [-0.1, -0.05) is 24.3 Å². The molecule has 0 atom stereocenters. The summed E-state index contributed by atoms with van der Waals surface area (Å²) < 4.78 is 1.08. The second-order valence-corrected chi connectivity index (χ2v) is 5.78. The van der Waals surface area contributed by atoms with Crippen molar-refractivity contribution in [1.82, 2.24) is 14.6 Å². The lowest BCUT2D eigenvalue weighted by atomic mass is 10.2. The van der Waals surface area contributed by atoms with Crippen LogP contribution in [0.1, 0.15) is 10.5 Å². The van der Waals surface area contributed by atoms with Gasteiger partial charge in [0, 0.05) is 5.39 Å². The number of hydrogen-bond acceptors (Lipinski definition) is 5. The Balaban J connectivity index is 1.70. The second-order valence-electron chi connectivity index (χ2n) is 4.89. The minimum absolute atomic E-state index is 0.237. The molecule has 1 aromatic carbocycles. The van der Waals surface area contributed by atoms with E-state index in [1.807, 2.05) is 30.3 Å². The highest BCUT2D eigenvalue weighted by Gasteiger charge is 2.11. The van der Waals surface area contributed by atoms with Crippen molar-refractivity contribution in [3.8, 4) is 0 Å². The zero-order valence-electron chi connectivity index (χ0n) is 11.8. The molecule has 7 heteroatoms. The first-order valence-electron chi connectivity index (χ1n) is 6.84. The maximum atomic E-state index is 12.3. The number of rotatable bonds is 2. The van der Waals surface area contributed by atoms with Crippen LogP contribution in [0.3, 0.4) is 0 Å². The SMILES string of the molecule is O=C(Nn1cnc2sccc2c1=O)c1ccc2ccccc2n1. The number of carbonyl (C=O) groups is 1. The number of para-hydroxylation sites is 1. The van der Waals surface area contributed by atoms with Crippen molar-refractivity contribution in [2.75, 3.05) is 5.43 Å². The number of hydrogen-bond donors (Lipinski definition) is 1. The van der Waals surface area contributed by atoms with Crippen molar-refractivity contribution < 1.29 is 4.79 Å². The predicted octanol–water partition coefficient (Wildman–Crippen LogP) is 2.39. The smallest absolute Gasteiger partial charge is 0.267 e. The second kappa shape index (κ2) is 5.29. The lowest BCUT2D eigenvalue weighted by molar-refractivity contribution is 0.100. The predicted molar refractivity (Wildman–Crippen MR) is 89.3 cm³/mol. The van der Waals surface area contributed by atoms with Gasteiger partial charge in [0.2, 0.25) is 0 Å². The normalized spacial score (nSPS) is 11.0. The third-order valence-electron chi connectivity index (χ3n) is 3.44. The van der Waals surface area contributed by atoms with Gasteiger partial charge in [-0.2, -0.15) is 0 Å². The van der Waals surface area contributed by atoms with Gasteiger partial charge in [0.15, 0.2) is 0 Å². The van der Waals surface area contributed by atoms with Crippen molar-refractivity contribution in [2.24, 2.45) is 0 Å². The van der Waals surface area contributed by atoms with Gasteiger partial charge in [-0.25, -0.2) is 14.6 Å². The minimum atomic E-state index is -0.464. The first-order valence-corrected chi connectivity index (χ1v) is 7.72. The average molecular weight is 322 g/mol. The zero-order valence-corrected chi connectivity index (χ0v) is 12.6. The fourth-order valence-electron chi connectivity index (χ4n) is 2.30. The molecule has 1 N–H and O–H groups in total. The fourth-order valence-corrected chi connectivity index (χ4v) is 3.02. The summed E-state index contributed by atoms with van der Waals surface area (Å²) in [6.07, 6.45) is 1.31. The van der Waals surface area contributed by atoms with E-state index in [9.17, 15) is 9.59 Å². The molecule has 3 aromatic heterocycles. The van der Waals surface area contributed by atoms with E-state index < -0.39 is 5.91 Å². The maximum absolute atomic E-state index is 12.3. The van der Waals surface area contributed by atoms with E-state index in [1.165, 1.54) is 17.7 Å². The number of nitrogens with zero attached hydrogens (tertiary/aromatic N) is 3. The average Bonchev–Trinajstić information content (AvgIpc) is 3.06. The van der Waals surface area contributed by atoms with Crippen LogP contribution in [0, 0.1) is 0 Å². The lowest BCUT2D eigenvalue weighted by Crippen LogP contribution is -2.33. The summed E-state index contributed by atoms with van der Waals surface area (Å²) in [7, 11) is 0. The van der Waals surface area contributed by atoms with Gasteiger partial charge < -0.3 is 0 Å². The molecule has 0 aliphatic carbocycles. The molecule has 112 valence electrons. The topological polar surface area (TPSA) is 76.9 Å². The zero-order chi connectivity index (χ0) is 15.8. The first-order chi connectivity index (χ1) is 11.2. The van der Waals surface area contributed by atoms with Crippen LogP contribution in [0.2, 0.25) is 0 Å². The van der Waals surface area contributed by atoms with Crippen LogP contribution in [0.5, 0.6) is 0 Å². The quantitative estimate of drug-likeness (QED) is 0.615. The molecule has 0 bridgehead atoms. The van der Waals surface area contributed by atoms with Crippen molar-refractivity contribution >= 4 is 38.4 Å². The summed E-state index contributed by atoms with van der Waals surface area (Å²) >= 11 is 1.38. The van der Waals surface area contributed by atoms with Gasteiger partial charge in [-0.3, -0.25) is 15.0 Å². The number of thiophene rings is 1. The Bertz CT molecular complexity index is 1100. The maximum Gasteiger partial charge on any atom is 0.288 e. The highest BCUT2D eigenvalue weighted by molar-refractivity contribution is 7.16. The van der Waals surface area contributed by atoms with Gasteiger partial charge in [-0.15, -0.1) is 11.3 Å². The highest BCUT2D eigenvalue weighted by atomic mass is 32.1.